The zero-order valence-corrected chi connectivity index (χ0v) is 51.8. The summed E-state index contributed by atoms with van der Waals surface area (Å²) in [5.74, 6) is 0. The summed E-state index contributed by atoms with van der Waals surface area (Å²) in [4.78, 5) is 7.87. The van der Waals surface area contributed by atoms with Gasteiger partial charge in [0.2, 0.25) is 0 Å². The van der Waals surface area contributed by atoms with E-state index in [9.17, 15) is 0 Å². The lowest BCUT2D eigenvalue weighted by molar-refractivity contribution is 0.332. The summed E-state index contributed by atoms with van der Waals surface area (Å²) in [6, 6.07) is 56.8. The Morgan fingerprint density at radius 3 is 1.60 bits per heavy atom. The highest BCUT2D eigenvalue weighted by Gasteiger charge is 2.50. The lowest BCUT2D eigenvalue weighted by Gasteiger charge is -2.47. The third-order valence-corrected chi connectivity index (χ3v) is 19.6. The largest absolute Gasteiger partial charge is 0.456 e. The molecule has 4 aliphatic rings. The molecule has 2 aliphatic heterocycles. The SMILES string of the molecule is Cc1cc2c(cc1N1c3cc4c(cc3B3c5ccc(N(c6ccccc6)c6ccc(C(C)(C)C)cc6)cc5N(c5ccc(C(C)(C)C)c6oc7ccccc7c56)c5cc(C(C)(C)C)cc1c53)C(C)(C)CC4(C)C)C(C)(C)CCC2(C)C. The first-order chi connectivity index (χ1) is 37.9. The van der Waals surface area contributed by atoms with E-state index >= 15 is 0 Å². The van der Waals surface area contributed by atoms with Crippen LogP contribution in [0.2, 0.25) is 0 Å². The Morgan fingerprint density at radius 2 is 0.975 bits per heavy atom. The normalized spacial score (nSPS) is 17.4. The fourth-order valence-corrected chi connectivity index (χ4v) is 15.2. The Kier molecular flexibility index (Phi) is 11.5. The highest BCUT2D eigenvalue weighted by Crippen LogP contribution is 2.56. The van der Waals surface area contributed by atoms with Crippen molar-refractivity contribution in [2.75, 3.05) is 14.7 Å². The number of nitrogens with zero attached hydrogens (tertiary/aromatic N) is 3. The van der Waals surface area contributed by atoms with E-state index in [1.807, 2.05) is 0 Å². The van der Waals surface area contributed by atoms with Gasteiger partial charge < -0.3 is 19.1 Å². The summed E-state index contributed by atoms with van der Waals surface area (Å²) >= 11 is 0. The number of hydrogen-bond donors (Lipinski definition) is 0. The van der Waals surface area contributed by atoms with Gasteiger partial charge in [-0.15, -0.1) is 0 Å². The van der Waals surface area contributed by atoms with Gasteiger partial charge in [0.05, 0.1) is 11.1 Å². The van der Waals surface area contributed by atoms with Gasteiger partial charge in [-0.1, -0.05) is 190 Å². The van der Waals surface area contributed by atoms with E-state index < -0.39 is 0 Å². The van der Waals surface area contributed by atoms with Crippen LogP contribution in [-0.2, 0) is 37.9 Å². The minimum atomic E-state index is -0.196. The smallest absolute Gasteiger partial charge is 0.252 e. The van der Waals surface area contributed by atoms with Gasteiger partial charge in [-0.3, -0.25) is 0 Å². The number of fused-ring (bicyclic) bond motifs is 9. The Morgan fingerprint density at radius 1 is 0.444 bits per heavy atom. The van der Waals surface area contributed by atoms with E-state index in [1.165, 1.54) is 95.8 Å². The third kappa shape index (κ3) is 8.27. The van der Waals surface area contributed by atoms with Gasteiger partial charge in [0.15, 0.2) is 0 Å². The molecule has 0 saturated heterocycles. The second-order valence-electron chi connectivity index (χ2n) is 30.5. The van der Waals surface area contributed by atoms with Crippen LogP contribution in [0.1, 0.15) is 181 Å². The fourth-order valence-electron chi connectivity index (χ4n) is 15.2. The second kappa shape index (κ2) is 17.5. The molecule has 0 N–H and O–H groups in total. The second-order valence-corrected chi connectivity index (χ2v) is 30.5. The van der Waals surface area contributed by atoms with Crippen molar-refractivity contribution in [1.29, 1.82) is 0 Å². The molecule has 0 radical (unpaired) electrons. The van der Waals surface area contributed by atoms with Gasteiger partial charge >= 0.3 is 0 Å². The third-order valence-electron chi connectivity index (χ3n) is 19.6. The highest BCUT2D eigenvalue weighted by molar-refractivity contribution is 7.00. The van der Waals surface area contributed by atoms with Crippen LogP contribution >= 0.6 is 0 Å². The van der Waals surface area contributed by atoms with Crippen LogP contribution in [0, 0.1) is 6.92 Å². The first-order valence-electron chi connectivity index (χ1n) is 30.1. The number of hydrogen-bond acceptors (Lipinski definition) is 4. The molecule has 81 heavy (non-hydrogen) atoms. The Bertz CT molecular complexity index is 4050. The van der Waals surface area contributed by atoms with Crippen molar-refractivity contribution in [3.63, 3.8) is 0 Å². The molecular weight excluding hydrogens is 982 g/mol. The van der Waals surface area contributed by atoms with Crippen LogP contribution in [0.5, 0.6) is 0 Å². The number of rotatable bonds is 5. The Labute approximate surface area is 484 Å². The first kappa shape index (κ1) is 53.3. The van der Waals surface area contributed by atoms with Crippen LogP contribution in [0.3, 0.4) is 0 Å². The van der Waals surface area contributed by atoms with Crippen LogP contribution < -0.4 is 31.1 Å². The van der Waals surface area contributed by atoms with Crippen molar-refractivity contribution < 1.29 is 4.42 Å². The fraction of sp³-hybridized carbons (Fsp3) is 0.368. The molecule has 1 aromatic heterocycles. The van der Waals surface area contributed by atoms with Gasteiger partial charge in [-0.25, -0.2) is 0 Å². The Balaban J connectivity index is 1.18. The lowest BCUT2D eigenvalue weighted by atomic mass is 9.33. The molecule has 3 heterocycles. The molecule has 0 spiro atoms. The number of anilines is 9. The minimum Gasteiger partial charge on any atom is -0.456 e. The van der Waals surface area contributed by atoms with E-state index in [0.29, 0.717) is 0 Å². The van der Waals surface area contributed by atoms with Gasteiger partial charge in [0.1, 0.15) is 11.2 Å². The highest BCUT2D eigenvalue weighted by atomic mass is 16.3. The maximum atomic E-state index is 7.13. The summed E-state index contributed by atoms with van der Waals surface area (Å²) in [6.07, 6.45) is 3.43. The van der Waals surface area contributed by atoms with Crippen LogP contribution in [0.25, 0.3) is 21.9 Å². The van der Waals surface area contributed by atoms with Gasteiger partial charge in [0.25, 0.3) is 6.71 Å². The molecule has 5 heteroatoms. The minimum absolute atomic E-state index is 0.00471. The average Bonchev–Trinajstić information content (AvgIpc) is 3.74. The zero-order chi connectivity index (χ0) is 57.5. The van der Waals surface area contributed by atoms with Crippen LogP contribution in [0.4, 0.5) is 51.2 Å². The zero-order valence-electron chi connectivity index (χ0n) is 51.8. The molecule has 0 atom stereocenters. The van der Waals surface area contributed by atoms with E-state index in [-0.39, 0.29) is 44.6 Å². The predicted octanol–water partition coefficient (Wildman–Crippen LogP) is 19.6. The summed E-state index contributed by atoms with van der Waals surface area (Å²) in [5.41, 5.74) is 27.4. The maximum absolute atomic E-state index is 7.13. The van der Waals surface area contributed by atoms with Crippen molar-refractivity contribution in [2.24, 2.45) is 0 Å². The van der Waals surface area contributed by atoms with Crippen molar-refractivity contribution in [3.8, 4) is 0 Å². The lowest BCUT2D eigenvalue weighted by Crippen LogP contribution is -2.61. The molecule has 0 amide bonds. The van der Waals surface area contributed by atoms with E-state index in [4.69, 9.17) is 4.42 Å². The summed E-state index contributed by atoms with van der Waals surface area (Å²) in [6.45, 7) is 43.1. The number of furan rings is 1. The number of aryl methyl sites for hydroxylation is 1. The van der Waals surface area contributed by atoms with E-state index in [2.05, 4.69) is 285 Å². The van der Waals surface area contributed by atoms with Gasteiger partial charge in [0, 0.05) is 56.4 Å². The first-order valence-corrected chi connectivity index (χ1v) is 30.1. The van der Waals surface area contributed by atoms with Crippen molar-refractivity contribution >= 4 is 96.2 Å². The molecule has 0 fully saturated rings. The Hall–Kier alpha value is -6.98. The number of para-hydroxylation sites is 2. The molecular formula is C76H84BN3O. The molecule has 2 aliphatic carbocycles. The standard InChI is InChI=1S/C76H84BN3O/c1-46-38-54-56(74(13,14)37-36-73(54,11)12)43-61(46)80-63-44-57-55(75(15,16)45-76(57,17)18)42-59(63)77-58-34-32-51(78(49-24-20-19-21-25-49)50-30-28-47(29-31-50)70(2,3)4)41-62(58)79(64-39-48(71(5,6)7)40-65(80)68(64)77)60-35-33-53(72(8,9)10)69-67(60)52-26-22-23-27-66(52)81-69/h19-35,38-44H,36-37,45H2,1-18H3. The molecule has 9 aromatic rings. The summed E-state index contributed by atoms with van der Waals surface area (Å²) < 4.78 is 7.13. The summed E-state index contributed by atoms with van der Waals surface area (Å²) in [7, 11) is 0. The van der Waals surface area contributed by atoms with E-state index in [1.54, 1.807) is 0 Å². The van der Waals surface area contributed by atoms with Gasteiger partial charge in [-0.05, 0) is 192 Å². The van der Waals surface area contributed by atoms with Gasteiger partial charge in [-0.2, -0.15) is 0 Å². The molecule has 0 unspecified atom stereocenters. The predicted molar refractivity (Wildman–Crippen MR) is 349 cm³/mol. The molecule has 13 rings (SSSR count). The van der Waals surface area contributed by atoms with Crippen molar-refractivity contribution in [2.45, 2.75) is 182 Å². The molecule has 8 aromatic carbocycles. The topological polar surface area (TPSA) is 22.9 Å². The van der Waals surface area contributed by atoms with Crippen LogP contribution in [-0.4, -0.2) is 6.71 Å². The monoisotopic (exact) mass is 1070 g/mol. The average molecular weight is 1070 g/mol. The summed E-state index contributed by atoms with van der Waals surface area (Å²) in [5, 5.41) is 2.27. The molecule has 4 nitrogen and oxygen atoms in total. The molecule has 0 bridgehead atoms. The van der Waals surface area contributed by atoms with Crippen LogP contribution in [0.15, 0.2) is 150 Å². The molecule has 0 saturated carbocycles. The quantitative estimate of drug-likeness (QED) is 0.160. The molecule has 412 valence electrons. The maximum Gasteiger partial charge on any atom is 0.252 e. The number of benzene rings is 8. The van der Waals surface area contributed by atoms with Crippen molar-refractivity contribution in [3.05, 3.63) is 190 Å². The van der Waals surface area contributed by atoms with Crippen molar-refractivity contribution in [1.82, 2.24) is 0 Å². The van der Waals surface area contributed by atoms with E-state index in [0.717, 1.165) is 57.5 Å².